The quantitative estimate of drug-likeness (QED) is 0.190. The molecular weight excluding hydrogens is 623 g/mol. The number of aromatic nitrogens is 1. The zero-order chi connectivity index (χ0) is 33.5. The summed E-state index contributed by atoms with van der Waals surface area (Å²) < 4.78 is 16.0. The van der Waals surface area contributed by atoms with Crippen molar-refractivity contribution in [3.05, 3.63) is 176 Å². The number of furan rings is 2. The Morgan fingerprint density at radius 1 is 0.333 bits per heavy atom. The van der Waals surface area contributed by atoms with E-state index >= 15 is 0 Å². The Balaban J connectivity index is 1.24. The number of hydrogen-bond donors (Lipinski definition) is 0. The molecule has 0 spiro atoms. The fourth-order valence-electron chi connectivity index (χ4n) is 8.08. The summed E-state index contributed by atoms with van der Waals surface area (Å²) in [5.41, 5.74) is 13.6. The first kappa shape index (κ1) is 28.0. The van der Waals surface area contributed by atoms with Gasteiger partial charge in [0.05, 0.1) is 11.0 Å². The summed E-state index contributed by atoms with van der Waals surface area (Å²) in [6.45, 7) is 0. The average molecular weight is 652 g/mol. The smallest absolute Gasteiger partial charge is 0.144 e. The number of hydrogen-bond acceptors (Lipinski definition) is 2. The zero-order valence-electron chi connectivity index (χ0n) is 27.5. The standard InChI is InChI=1S/C48H29NO2/c1-3-13-30(14-4-1)32-25-33(31-15-5-2-6-16-31)27-34(26-32)46-47-38-19-9-12-22-43(38)50-45(47)29-40-39-28-35(23-24-44(39)51-48(40)46)49-41-20-10-7-17-36(41)37-18-8-11-21-42(37)49/h1-29H. The second-order valence-corrected chi connectivity index (χ2v) is 13.3. The summed E-state index contributed by atoms with van der Waals surface area (Å²) in [5.74, 6) is 0. The third-order valence-electron chi connectivity index (χ3n) is 10.4. The van der Waals surface area contributed by atoms with Crippen LogP contribution in [0, 0.1) is 0 Å². The van der Waals surface area contributed by atoms with Crippen molar-refractivity contribution in [1.82, 2.24) is 4.57 Å². The second-order valence-electron chi connectivity index (χ2n) is 13.3. The van der Waals surface area contributed by atoms with E-state index in [0.29, 0.717) is 0 Å². The van der Waals surface area contributed by atoms with E-state index in [9.17, 15) is 0 Å². The van der Waals surface area contributed by atoms with Crippen LogP contribution in [0.2, 0.25) is 0 Å². The molecule has 0 unspecified atom stereocenters. The molecular formula is C48H29NO2. The lowest BCUT2D eigenvalue weighted by molar-refractivity contribution is 0.664. The molecule has 0 aliphatic rings. The van der Waals surface area contributed by atoms with Gasteiger partial charge in [-0.15, -0.1) is 0 Å². The minimum atomic E-state index is 0.843. The van der Waals surface area contributed by atoms with Crippen molar-refractivity contribution in [2.75, 3.05) is 0 Å². The Morgan fingerprint density at radius 2 is 0.882 bits per heavy atom. The molecule has 3 nitrogen and oxygen atoms in total. The predicted molar refractivity (Wildman–Crippen MR) is 212 cm³/mol. The van der Waals surface area contributed by atoms with Gasteiger partial charge < -0.3 is 13.4 Å². The fraction of sp³-hybridized carbons (Fsp3) is 0. The topological polar surface area (TPSA) is 31.2 Å². The molecule has 0 atom stereocenters. The molecule has 0 fully saturated rings. The molecule has 0 radical (unpaired) electrons. The van der Waals surface area contributed by atoms with E-state index in [1.807, 2.05) is 6.07 Å². The first-order valence-corrected chi connectivity index (χ1v) is 17.3. The average Bonchev–Trinajstić information content (AvgIpc) is 3.86. The molecule has 3 aromatic heterocycles. The summed E-state index contributed by atoms with van der Waals surface area (Å²) in [5, 5.41) is 6.69. The van der Waals surface area contributed by atoms with Crippen LogP contribution in [0.3, 0.4) is 0 Å². The molecule has 0 amide bonds. The van der Waals surface area contributed by atoms with Gasteiger partial charge in [-0.25, -0.2) is 0 Å². The highest BCUT2D eigenvalue weighted by atomic mass is 16.3. The van der Waals surface area contributed by atoms with Crippen molar-refractivity contribution >= 4 is 65.7 Å². The van der Waals surface area contributed by atoms with Gasteiger partial charge in [0, 0.05) is 43.6 Å². The first-order valence-electron chi connectivity index (χ1n) is 17.3. The van der Waals surface area contributed by atoms with Crippen LogP contribution >= 0.6 is 0 Å². The number of para-hydroxylation sites is 3. The molecule has 11 rings (SSSR count). The van der Waals surface area contributed by atoms with Gasteiger partial charge in [-0.2, -0.15) is 0 Å². The highest BCUT2D eigenvalue weighted by Gasteiger charge is 2.23. The Labute approximate surface area is 293 Å². The van der Waals surface area contributed by atoms with Crippen LogP contribution in [-0.4, -0.2) is 4.57 Å². The molecule has 0 N–H and O–H groups in total. The normalized spacial score (nSPS) is 11.9. The van der Waals surface area contributed by atoms with Crippen molar-refractivity contribution < 1.29 is 8.83 Å². The maximum absolute atomic E-state index is 6.95. The minimum Gasteiger partial charge on any atom is -0.456 e. The van der Waals surface area contributed by atoms with Crippen LogP contribution in [0.4, 0.5) is 0 Å². The summed E-state index contributed by atoms with van der Waals surface area (Å²) in [6.07, 6.45) is 0. The van der Waals surface area contributed by atoms with E-state index in [-0.39, 0.29) is 0 Å². The lowest BCUT2D eigenvalue weighted by atomic mass is 9.90. The lowest BCUT2D eigenvalue weighted by Gasteiger charge is -2.13. The molecule has 3 heterocycles. The maximum atomic E-state index is 6.95. The Morgan fingerprint density at radius 3 is 1.55 bits per heavy atom. The number of fused-ring (bicyclic) bond motifs is 9. The minimum absolute atomic E-state index is 0.843. The summed E-state index contributed by atoms with van der Waals surface area (Å²) in [4.78, 5) is 0. The lowest BCUT2D eigenvalue weighted by Crippen LogP contribution is -1.93. The van der Waals surface area contributed by atoms with Crippen LogP contribution in [0.5, 0.6) is 0 Å². The van der Waals surface area contributed by atoms with Gasteiger partial charge in [0.2, 0.25) is 0 Å². The highest BCUT2D eigenvalue weighted by molar-refractivity contribution is 6.24. The zero-order valence-corrected chi connectivity index (χ0v) is 27.5. The predicted octanol–water partition coefficient (Wildman–Crippen LogP) is 13.6. The summed E-state index contributed by atoms with van der Waals surface area (Å²) in [6, 6.07) is 62.4. The molecule has 238 valence electrons. The maximum Gasteiger partial charge on any atom is 0.144 e. The van der Waals surface area contributed by atoms with E-state index in [0.717, 1.165) is 82.9 Å². The van der Waals surface area contributed by atoms with Gasteiger partial charge >= 0.3 is 0 Å². The molecule has 0 aliphatic heterocycles. The number of nitrogens with zero attached hydrogens (tertiary/aromatic N) is 1. The van der Waals surface area contributed by atoms with Crippen molar-refractivity contribution in [1.29, 1.82) is 0 Å². The first-order chi connectivity index (χ1) is 25.3. The fourth-order valence-corrected chi connectivity index (χ4v) is 8.08. The molecule has 3 heteroatoms. The van der Waals surface area contributed by atoms with Crippen molar-refractivity contribution in [2.24, 2.45) is 0 Å². The van der Waals surface area contributed by atoms with Gasteiger partial charge in [-0.3, -0.25) is 0 Å². The van der Waals surface area contributed by atoms with E-state index in [4.69, 9.17) is 8.83 Å². The van der Waals surface area contributed by atoms with Crippen molar-refractivity contribution in [3.8, 4) is 39.1 Å². The Kier molecular flexibility index (Phi) is 5.96. The van der Waals surface area contributed by atoms with Crippen LogP contribution in [0.1, 0.15) is 0 Å². The third kappa shape index (κ3) is 4.25. The van der Waals surface area contributed by atoms with E-state index in [2.05, 4.69) is 174 Å². The van der Waals surface area contributed by atoms with E-state index < -0.39 is 0 Å². The van der Waals surface area contributed by atoms with Crippen molar-refractivity contribution in [2.45, 2.75) is 0 Å². The summed E-state index contributed by atoms with van der Waals surface area (Å²) >= 11 is 0. The molecule has 0 saturated heterocycles. The van der Waals surface area contributed by atoms with Gasteiger partial charge in [-0.1, -0.05) is 115 Å². The third-order valence-corrected chi connectivity index (χ3v) is 10.4. The molecule has 0 saturated carbocycles. The highest BCUT2D eigenvalue weighted by Crippen LogP contribution is 2.47. The van der Waals surface area contributed by atoms with Crippen molar-refractivity contribution in [3.63, 3.8) is 0 Å². The van der Waals surface area contributed by atoms with Crippen LogP contribution in [0.25, 0.3) is 105 Å². The molecule has 11 aromatic rings. The molecule has 0 aliphatic carbocycles. The SMILES string of the molecule is c1ccc(-c2cc(-c3ccccc3)cc(-c3c4oc5ccc(-n6c7ccccc7c7ccccc76)cc5c4cc4oc5ccccc5c34)c2)cc1. The van der Waals surface area contributed by atoms with Crippen LogP contribution in [-0.2, 0) is 0 Å². The monoisotopic (exact) mass is 651 g/mol. The van der Waals surface area contributed by atoms with Gasteiger partial charge in [0.15, 0.2) is 0 Å². The van der Waals surface area contributed by atoms with Gasteiger partial charge in [0.25, 0.3) is 0 Å². The molecule has 8 aromatic carbocycles. The van der Waals surface area contributed by atoms with Crippen LogP contribution < -0.4 is 0 Å². The molecule has 51 heavy (non-hydrogen) atoms. The van der Waals surface area contributed by atoms with E-state index in [1.165, 1.54) is 21.8 Å². The largest absolute Gasteiger partial charge is 0.456 e. The Bertz CT molecular complexity index is 3010. The Hall–Kier alpha value is -6.84. The molecule has 0 bridgehead atoms. The number of rotatable bonds is 4. The van der Waals surface area contributed by atoms with Gasteiger partial charge in [0.1, 0.15) is 22.3 Å². The summed E-state index contributed by atoms with van der Waals surface area (Å²) in [7, 11) is 0. The van der Waals surface area contributed by atoms with Gasteiger partial charge in [-0.05, 0) is 88.5 Å². The van der Waals surface area contributed by atoms with E-state index in [1.54, 1.807) is 0 Å². The second kappa shape index (κ2) is 10.8. The number of benzene rings is 8. The van der Waals surface area contributed by atoms with Crippen LogP contribution in [0.15, 0.2) is 185 Å².